The van der Waals surface area contributed by atoms with Gasteiger partial charge in [-0.05, 0) is 30.5 Å². The molecular weight excluding hydrogens is 524 g/mol. The van der Waals surface area contributed by atoms with E-state index in [1.54, 1.807) is 13.8 Å². The van der Waals surface area contributed by atoms with Gasteiger partial charge >= 0.3 is 18.3 Å². The number of hydrogen-bond acceptors (Lipinski definition) is 3. The number of amides is 1. The van der Waals surface area contributed by atoms with Crippen LogP contribution in [0, 0.1) is 5.92 Å². The number of ether oxygens (including phenoxy) is 1. The van der Waals surface area contributed by atoms with Gasteiger partial charge in [-0.1, -0.05) is 97.8 Å². The second kappa shape index (κ2) is 17.4. The molecule has 10 heteroatoms. The minimum Gasteiger partial charge on any atom is -0.464 e. The highest BCUT2D eigenvalue weighted by Gasteiger charge is 2.39. The molecule has 0 radical (unpaired) electrons. The number of alkyl halides is 6. The van der Waals surface area contributed by atoms with Crippen LogP contribution in [0.1, 0.15) is 126 Å². The molecule has 1 N–H and O–H groups in total. The molecule has 1 amide bonds. The predicted molar refractivity (Wildman–Crippen MR) is 139 cm³/mol. The Morgan fingerprint density at radius 3 is 1.69 bits per heavy atom. The quantitative estimate of drug-likeness (QED) is 0.109. The van der Waals surface area contributed by atoms with Crippen LogP contribution in [0.5, 0.6) is 0 Å². The van der Waals surface area contributed by atoms with E-state index in [0.29, 0.717) is 6.42 Å². The van der Waals surface area contributed by atoms with Crippen molar-refractivity contribution in [2.45, 2.75) is 123 Å². The Morgan fingerprint density at radius 1 is 0.769 bits per heavy atom. The fraction of sp³-hybridized carbons (Fsp3) is 0.724. The largest absolute Gasteiger partial charge is 0.464 e. The average molecular weight is 568 g/mol. The zero-order chi connectivity index (χ0) is 29.5. The van der Waals surface area contributed by atoms with Gasteiger partial charge in [0, 0.05) is 0 Å². The first-order chi connectivity index (χ1) is 18.3. The molecule has 224 valence electrons. The molecule has 0 fully saturated rings. The summed E-state index contributed by atoms with van der Waals surface area (Å²) in [4.78, 5) is 25.2. The minimum absolute atomic E-state index is 0.0903. The lowest BCUT2D eigenvalue weighted by Gasteiger charge is -2.22. The smallest absolute Gasteiger partial charge is 0.417 e. The van der Waals surface area contributed by atoms with E-state index in [4.69, 9.17) is 4.74 Å². The number of halogens is 6. The fourth-order valence-electron chi connectivity index (χ4n) is 4.25. The van der Waals surface area contributed by atoms with Gasteiger partial charge in [0.15, 0.2) is 0 Å². The molecule has 0 saturated carbocycles. The van der Waals surface area contributed by atoms with Crippen molar-refractivity contribution in [2.75, 3.05) is 6.61 Å². The maximum Gasteiger partial charge on any atom is 0.417 e. The third-order valence-corrected chi connectivity index (χ3v) is 6.60. The number of carbonyl (C=O) groups excluding carboxylic acids is 2. The molecule has 0 aliphatic rings. The zero-order valence-electron chi connectivity index (χ0n) is 23.3. The predicted octanol–water partition coefficient (Wildman–Crippen LogP) is 9.11. The second-order valence-corrected chi connectivity index (χ2v) is 10.4. The van der Waals surface area contributed by atoms with E-state index in [1.807, 2.05) is 0 Å². The van der Waals surface area contributed by atoms with Gasteiger partial charge < -0.3 is 10.1 Å². The molecule has 39 heavy (non-hydrogen) atoms. The van der Waals surface area contributed by atoms with Gasteiger partial charge in [0.2, 0.25) is 0 Å². The molecule has 1 unspecified atom stereocenters. The number of carbonyl (C=O) groups is 2. The zero-order valence-corrected chi connectivity index (χ0v) is 23.3. The number of nitrogens with one attached hydrogen (secondary N) is 1. The normalized spacial score (nSPS) is 13.0. The van der Waals surface area contributed by atoms with Gasteiger partial charge in [-0.25, -0.2) is 4.79 Å². The number of hydrogen-bond donors (Lipinski definition) is 1. The lowest BCUT2D eigenvalue weighted by Crippen LogP contribution is -2.45. The Hall–Kier alpha value is -2.26. The van der Waals surface area contributed by atoms with Crippen molar-refractivity contribution in [1.82, 2.24) is 5.32 Å². The Bertz CT molecular complexity index is 868. The van der Waals surface area contributed by atoms with Gasteiger partial charge in [0.05, 0.1) is 23.3 Å². The summed E-state index contributed by atoms with van der Waals surface area (Å²) in [6, 6.07) is -0.678. The van der Waals surface area contributed by atoms with Crippen molar-refractivity contribution < 1.29 is 40.7 Å². The Morgan fingerprint density at radius 2 is 1.26 bits per heavy atom. The Kier molecular flexibility index (Phi) is 15.5. The monoisotopic (exact) mass is 567 g/mol. The van der Waals surface area contributed by atoms with Crippen molar-refractivity contribution in [3.05, 3.63) is 34.9 Å². The summed E-state index contributed by atoms with van der Waals surface area (Å²) in [5, 5.41) is 2.14. The van der Waals surface area contributed by atoms with E-state index < -0.39 is 52.9 Å². The van der Waals surface area contributed by atoms with Gasteiger partial charge in [0.25, 0.3) is 5.91 Å². The topological polar surface area (TPSA) is 55.4 Å². The lowest BCUT2D eigenvalue weighted by atomic mass is 10.00. The van der Waals surface area contributed by atoms with Crippen LogP contribution in [0.4, 0.5) is 26.3 Å². The van der Waals surface area contributed by atoms with Crippen LogP contribution < -0.4 is 5.32 Å². The van der Waals surface area contributed by atoms with Gasteiger partial charge in [0.1, 0.15) is 6.04 Å². The minimum atomic E-state index is -5.06. The van der Waals surface area contributed by atoms with Crippen molar-refractivity contribution in [1.29, 1.82) is 0 Å². The molecule has 1 aromatic carbocycles. The summed E-state index contributed by atoms with van der Waals surface area (Å²) < 4.78 is 84.5. The first-order valence-corrected chi connectivity index (χ1v) is 14.0. The van der Waals surface area contributed by atoms with Crippen molar-refractivity contribution in [2.24, 2.45) is 5.92 Å². The van der Waals surface area contributed by atoms with Gasteiger partial charge in [-0.15, -0.1) is 0 Å². The molecule has 0 heterocycles. The van der Waals surface area contributed by atoms with Crippen LogP contribution in [0.25, 0.3) is 0 Å². The molecule has 0 bridgehead atoms. The SMILES string of the molecule is CCCCCCCCCCCCCCCOC(=O)C(NC(=O)c1cc(C(F)(F)F)ccc1C(F)(F)F)C(C)C. The first kappa shape index (κ1) is 34.8. The summed E-state index contributed by atoms with van der Waals surface area (Å²) in [5.41, 5.74) is -4.12. The van der Waals surface area contributed by atoms with Crippen LogP contribution in [-0.4, -0.2) is 24.5 Å². The Labute approximate surface area is 228 Å². The van der Waals surface area contributed by atoms with E-state index in [9.17, 15) is 35.9 Å². The molecule has 0 saturated heterocycles. The number of benzene rings is 1. The van der Waals surface area contributed by atoms with Gasteiger partial charge in [-0.3, -0.25) is 4.79 Å². The summed E-state index contributed by atoms with van der Waals surface area (Å²) in [6.45, 7) is 5.40. The first-order valence-electron chi connectivity index (χ1n) is 14.0. The van der Waals surface area contributed by atoms with Crippen LogP contribution in [-0.2, 0) is 21.9 Å². The third kappa shape index (κ3) is 13.6. The third-order valence-electron chi connectivity index (χ3n) is 6.60. The summed E-state index contributed by atoms with van der Waals surface area (Å²) in [6.07, 6.45) is 4.93. The molecule has 4 nitrogen and oxygen atoms in total. The molecule has 0 spiro atoms. The fourth-order valence-corrected chi connectivity index (χ4v) is 4.25. The van der Waals surface area contributed by atoms with Crippen LogP contribution in [0.15, 0.2) is 18.2 Å². The molecule has 0 aliphatic heterocycles. The standard InChI is InChI=1S/C29H43F6NO3/c1-4-5-6-7-8-9-10-11-12-13-14-15-16-19-39-27(38)25(21(2)3)36-26(37)23-20-22(28(30,31)32)17-18-24(23)29(33,34)35/h17-18,20-21,25H,4-16,19H2,1-3H3,(H,36,37). The van der Waals surface area contributed by atoms with E-state index in [-0.39, 0.29) is 24.8 Å². The highest BCUT2D eigenvalue weighted by atomic mass is 19.4. The maximum absolute atomic E-state index is 13.4. The highest BCUT2D eigenvalue weighted by Crippen LogP contribution is 2.36. The molecular formula is C29H43F6NO3. The lowest BCUT2D eigenvalue weighted by molar-refractivity contribution is -0.147. The van der Waals surface area contributed by atoms with Crippen molar-refractivity contribution in [3.63, 3.8) is 0 Å². The molecule has 0 aromatic heterocycles. The van der Waals surface area contributed by atoms with Crippen molar-refractivity contribution in [3.8, 4) is 0 Å². The Balaban J connectivity index is 2.49. The van der Waals surface area contributed by atoms with Gasteiger partial charge in [-0.2, -0.15) is 26.3 Å². The molecule has 1 atom stereocenters. The summed E-state index contributed by atoms with van der Waals surface area (Å²) in [7, 11) is 0. The number of rotatable bonds is 18. The average Bonchev–Trinajstić information content (AvgIpc) is 2.85. The van der Waals surface area contributed by atoms with E-state index in [0.717, 1.165) is 25.7 Å². The number of unbranched alkanes of at least 4 members (excludes halogenated alkanes) is 12. The van der Waals surface area contributed by atoms with E-state index in [2.05, 4.69) is 12.2 Å². The maximum atomic E-state index is 13.4. The summed E-state index contributed by atoms with van der Waals surface area (Å²) in [5.74, 6) is -2.82. The second-order valence-electron chi connectivity index (χ2n) is 10.4. The summed E-state index contributed by atoms with van der Waals surface area (Å²) >= 11 is 0. The van der Waals surface area contributed by atoms with Crippen molar-refractivity contribution >= 4 is 11.9 Å². The van der Waals surface area contributed by atoms with Crippen LogP contribution >= 0.6 is 0 Å². The van der Waals surface area contributed by atoms with E-state index >= 15 is 0 Å². The number of esters is 1. The van der Waals surface area contributed by atoms with Crippen LogP contribution in [0.3, 0.4) is 0 Å². The highest BCUT2D eigenvalue weighted by molar-refractivity contribution is 5.98. The van der Waals surface area contributed by atoms with E-state index in [1.165, 1.54) is 51.4 Å². The molecule has 1 aromatic rings. The van der Waals surface area contributed by atoms with Crippen LogP contribution in [0.2, 0.25) is 0 Å². The molecule has 1 rings (SSSR count). The molecule has 0 aliphatic carbocycles.